The number of rotatable bonds is 1. The van der Waals surface area contributed by atoms with Gasteiger partial charge in [0.2, 0.25) is 0 Å². The first kappa shape index (κ1) is 11.5. The minimum absolute atomic E-state index is 0.00515. The Bertz CT molecular complexity index is 668. The minimum atomic E-state index is -0.00515. The standard InChI is InChI=1S/C16H12N2O/c17-11-12-5-7-14(8-6-12)16(19)18-10-9-13-3-1-2-4-15(13)18/h1-8H,9-10H2. The SMILES string of the molecule is N#Cc1ccc(C(=O)N2CCc3ccccc32)cc1. The molecule has 1 heterocycles. The van der Waals surface area contributed by atoms with E-state index in [4.69, 9.17) is 5.26 Å². The van der Waals surface area contributed by atoms with Crippen molar-refractivity contribution in [2.45, 2.75) is 6.42 Å². The number of hydrogen-bond acceptors (Lipinski definition) is 2. The van der Waals surface area contributed by atoms with E-state index in [0.717, 1.165) is 18.7 Å². The molecule has 0 fully saturated rings. The van der Waals surface area contributed by atoms with Crippen molar-refractivity contribution in [3.63, 3.8) is 0 Å². The van der Waals surface area contributed by atoms with E-state index in [2.05, 4.69) is 12.1 Å². The van der Waals surface area contributed by atoms with E-state index in [0.29, 0.717) is 11.1 Å². The van der Waals surface area contributed by atoms with Crippen LogP contribution in [0.25, 0.3) is 0 Å². The third kappa shape index (κ3) is 1.98. The Hall–Kier alpha value is -2.60. The van der Waals surface area contributed by atoms with Crippen LogP contribution in [0.3, 0.4) is 0 Å². The van der Waals surface area contributed by atoms with E-state index in [-0.39, 0.29) is 5.91 Å². The summed E-state index contributed by atoms with van der Waals surface area (Å²) in [6, 6.07) is 16.8. The average Bonchev–Trinajstić information content (AvgIpc) is 2.90. The fraction of sp³-hybridized carbons (Fsp3) is 0.125. The summed E-state index contributed by atoms with van der Waals surface area (Å²) in [5.41, 5.74) is 3.40. The van der Waals surface area contributed by atoms with Crippen LogP contribution in [0, 0.1) is 11.3 Å². The third-order valence-corrected chi connectivity index (χ3v) is 3.39. The number of benzene rings is 2. The number of para-hydroxylation sites is 1. The zero-order valence-electron chi connectivity index (χ0n) is 10.3. The molecule has 0 aromatic heterocycles. The van der Waals surface area contributed by atoms with Gasteiger partial charge in [0.15, 0.2) is 0 Å². The molecule has 2 aromatic rings. The van der Waals surface area contributed by atoms with Crippen LogP contribution in [0.15, 0.2) is 48.5 Å². The molecular weight excluding hydrogens is 236 g/mol. The van der Waals surface area contributed by atoms with Crippen molar-refractivity contribution in [1.29, 1.82) is 5.26 Å². The van der Waals surface area contributed by atoms with Gasteiger partial charge in [-0.3, -0.25) is 4.79 Å². The van der Waals surface area contributed by atoms with E-state index >= 15 is 0 Å². The molecule has 0 bridgehead atoms. The van der Waals surface area contributed by atoms with Crippen molar-refractivity contribution in [2.75, 3.05) is 11.4 Å². The largest absolute Gasteiger partial charge is 0.308 e. The van der Waals surface area contributed by atoms with Crippen LogP contribution in [0.2, 0.25) is 0 Å². The third-order valence-electron chi connectivity index (χ3n) is 3.39. The highest BCUT2D eigenvalue weighted by atomic mass is 16.2. The molecule has 0 atom stereocenters. The summed E-state index contributed by atoms with van der Waals surface area (Å²) in [7, 11) is 0. The van der Waals surface area contributed by atoms with Crippen molar-refractivity contribution < 1.29 is 4.79 Å². The highest BCUT2D eigenvalue weighted by Gasteiger charge is 2.24. The number of hydrogen-bond donors (Lipinski definition) is 0. The van der Waals surface area contributed by atoms with Crippen LogP contribution in [-0.4, -0.2) is 12.5 Å². The zero-order valence-corrected chi connectivity index (χ0v) is 10.3. The lowest BCUT2D eigenvalue weighted by Gasteiger charge is -2.17. The number of anilines is 1. The van der Waals surface area contributed by atoms with E-state index in [9.17, 15) is 4.79 Å². The van der Waals surface area contributed by atoms with Gasteiger partial charge in [0, 0.05) is 17.8 Å². The number of carbonyl (C=O) groups is 1. The quantitative estimate of drug-likeness (QED) is 0.778. The lowest BCUT2D eigenvalue weighted by Crippen LogP contribution is -2.28. The van der Waals surface area contributed by atoms with Gasteiger partial charge in [-0.1, -0.05) is 18.2 Å². The first-order chi connectivity index (χ1) is 9.29. The summed E-state index contributed by atoms with van der Waals surface area (Å²) >= 11 is 0. The van der Waals surface area contributed by atoms with Crippen molar-refractivity contribution >= 4 is 11.6 Å². The van der Waals surface area contributed by atoms with Crippen molar-refractivity contribution in [2.24, 2.45) is 0 Å². The Morgan fingerprint density at radius 1 is 1.11 bits per heavy atom. The second-order valence-electron chi connectivity index (χ2n) is 4.52. The first-order valence-corrected chi connectivity index (χ1v) is 6.19. The van der Waals surface area contributed by atoms with Gasteiger partial charge < -0.3 is 4.90 Å². The van der Waals surface area contributed by atoms with Crippen LogP contribution in [-0.2, 0) is 6.42 Å². The Balaban J connectivity index is 1.91. The smallest absolute Gasteiger partial charge is 0.258 e. The molecule has 0 spiro atoms. The first-order valence-electron chi connectivity index (χ1n) is 6.19. The average molecular weight is 248 g/mol. The topological polar surface area (TPSA) is 44.1 Å². The minimum Gasteiger partial charge on any atom is -0.308 e. The van der Waals surface area contributed by atoms with E-state index in [1.165, 1.54) is 5.56 Å². The summed E-state index contributed by atoms with van der Waals surface area (Å²) in [6.07, 6.45) is 0.901. The van der Waals surface area contributed by atoms with Gasteiger partial charge in [0.25, 0.3) is 5.91 Å². The molecule has 0 N–H and O–H groups in total. The van der Waals surface area contributed by atoms with Gasteiger partial charge in [-0.15, -0.1) is 0 Å². The van der Waals surface area contributed by atoms with Gasteiger partial charge in [-0.2, -0.15) is 5.26 Å². The molecular formula is C16H12N2O. The molecule has 0 saturated heterocycles. The second kappa shape index (κ2) is 4.58. The van der Waals surface area contributed by atoms with Gasteiger partial charge >= 0.3 is 0 Å². The normalized spacial score (nSPS) is 12.9. The predicted molar refractivity (Wildman–Crippen MR) is 73.0 cm³/mol. The molecule has 0 aliphatic carbocycles. The maximum atomic E-state index is 12.5. The van der Waals surface area contributed by atoms with Gasteiger partial charge in [0.05, 0.1) is 11.6 Å². The molecule has 3 rings (SSSR count). The molecule has 0 saturated carbocycles. The summed E-state index contributed by atoms with van der Waals surface area (Å²) in [6.45, 7) is 0.720. The lowest BCUT2D eigenvalue weighted by atomic mass is 10.1. The highest BCUT2D eigenvalue weighted by molar-refractivity contribution is 6.07. The number of nitriles is 1. The Kier molecular flexibility index (Phi) is 2.77. The highest BCUT2D eigenvalue weighted by Crippen LogP contribution is 2.28. The summed E-state index contributed by atoms with van der Waals surface area (Å²) < 4.78 is 0. The maximum absolute atomic E-state index is 12.5. The van der Waals surface area contributed by atoms with Crippen LogP contribution >= 0.6 is 0 Å². The fourth-order valence-electron chi connectivity index (χ4n) is 2.39. The molecule has 1 amide bonds. The monoisotopic (exact) mass is 248 g/mol. The molecule has 3 nitrogen and oxygen atoms in total. The summed E-state index contributed by atoms with van der Waals surface area (Å²) in [5.74, 6) is -0.00515. The molecule has 0 radical (unpaired) electrons. The van der Waals surface area contributed by atoms with Crippen LogP contribution in [0.5, 0.6) is 0 Å². The van der Waals surface area contributed by atoms with Crippen LogP contribution < -0.4 is 4.90 Å². The molecule has 2 aromatic carbocycles. The second-order valence-corrected chi connectivity index (χ2v) is 4.52. The fourth-order valence-corrected chi connectivity index (χ4v) is 2.39. The number of amides is 1. The Morgan fingerprint density at radius 3 is 2.58 bits per heavy atom. The maximum Gasteiger partial charge on any atom is 0.258 e. The van der Waals surface area contributed by atoms with Crippen molar-refractivity contribution in [1.82, 2.24) is 0 Å². The lowest BCUT2D eigenvalue weighted by molar-refractivity contribution is 0.0989. The number of fused-ring (bicyclic) bond motifs is 1. The van der Waals surface area contributed by atoms with Gasteiger partial charge in [-0.05, 0) is 42.3 Å². The Labute approximate surface area is 111 Å². The Morgan fingerprint density at radius 2 is 1.84 bits per heavy atom. The molecule has 19 heavy (non-hydrogen) atoms. The zero-order chi connectivity index (χ0) is 13.2. The number of carbonyl (C=O) groups excluding carboxylic acids is 1. The number of nitrogens with zero attached hydrogens (tertiary/aromatic N) is 2. The van der Waals surface area contributed by atoms with E-state index in [1.807, 2.05) is 18.2 Å². The molecule has 0 unspecified atom stereocenters. The van der Waals surface area contributed by atoms with Crippen LogP contribution in [0.4, 0.5) is 5.69 Å². The van der Waals surface area contributed by atoms with E-state index in [1.54, 1.807) is 29.2 Å². The summed E-state index contributed by atoms with van der Waals surface area (Å²) in [4.78, 5) is 14.3. The molecule has 1 aliphatic heterocycles. The molecule has 1 aliphatic rings. The van der Waals surface area contributed by atoms with Crippen LogP contribution in [0.1, 0.15) is 21.5 Å². The van der Waals surface area contributed by atoms with Gasteiger partial charge in [0.1, 0.15) is 0 Å². The molecule has 3 heteroatoms. The summed E-state index contributed by atoms with van der Waals surface area (Å²) in [5, 5.41) is 8.76. The van der Waals surface area contributed by atoms with Gasteiger partial charge in [-0.25, -0.2) is 0 Å². The van der Waals surface area contributed by atoms with Crippen molar-refractivity contribution in [3.8, 4) is 6.07 Å². The van der Waals surface area contributed by atoms with E-state index < -0.39 is 0 Å². The predicted octanol–water partition coefficient (Wildman–Crippen LogP) is 2.76. The molecule has 92 valence electrons. The van der Waals surface area contributed by atoms with Crippen molar-refractivity contribution in [3.05, 3.63) is 65.2 Å².